The molecule has 6 heteroatoms. The fraction of sp³-hybridized carbons (Fsp3) is 1.00. The smallest absolute Gasteiger partial charge is 0.0307 e. The molecule has 0 aliphatic rings. The van der Waals surface area contributed by atoms with E-state index >= 15 is 0 Å². The zero-order chi connectivity index (χ0) is 20.6. The Labute approximate surface area is 217 Å². The van der Waals surface area contributed by atoms with Crippen LogP contribution in [0.4, 0.5) is 0 Å². The SMILES string of the molecule is C[C](C)(C)[Sn][C](C)(C)C.C[C](C)(C)[Sn][C](C)(C)C.C[Si](C)[Si](C)C.[Li].[Li]. The number of hydrogen-bond acceptors (Lipinski definition) is 0. The van der Waals surface area contributed by atoms with Crippen molar-refractivity contribution in [1.29, 1.82) is 0 Å². The fourth-order valence-electron chi connectivity index (χ4n) is 2.25. The molecular weight excluding hydrogens is 548 g/mol. The summed E-state index contributed by atoms with van der Waals surface area (Å²) in [4.78, 5) is 0. The first-order valence-corrected chi connectivity index (χ1v) is 21.0. The second-order valence-electron chi connectivity index (χ2n) is 11.2. The normalized spacial score (nSPS) is 12.2. The Morgan fingerprint density at radius 3 is 0.500 bits per heavy atom. The quantitative estimate of drug-likeness (QED) is 0.285. The van der Waals surface area contributed by atoms with Crippen LogP contribution >= 0.6 is 0 Å². The van der Waals surface area contributed by atoms with Crippen LogP contribution in [0.5, 0.6) is 0 Å². The molecule has 0 heterocycles. The Hall–Kier alpha value is 3.23. The molecule has 0 aliphatic heterocycles. The van der Waals surface area contributed by atoms with Gasteiger partial charge >= 0.3 is 139 Å². The summed E-state index contributed by atoms with van der Waals surface area (Å²) in [6.45, 7) is 37.9. The maximum absolute atomic E-state index is 2.39. The molecule has 0 aliphatic carbocycles. The van der Waals surface area contributed by atoms with Crippen molar-refractivity contribution in [2.24, 2.45) is 0 Å². The van der Waals surface area contributed by atoms with Crippen molar-refractivity contribution < 1.29 is 0 Å². The summed E-state index contributed by atoms with van der Waals surface area (Å²) < 4.78 is 2.62. The average Bonchev–Trinajstić information content (AvgIpc) is 2.05. The molecule has 26 heavy (non-hydrogen) atoms. The van der Waals surface area contributed by atoms with Gasteiger partial charge in [0.05, 0.1) is 0 Å². The predicted molar refractivity (Wildman–Crippen MR) is 137 cm³/mol. The van der Waals surface area contributed by atoms with E-state index < -0.39 is 0 Å². The van der Waals surface area contributed by atoms with Gasteiger partial charge in [0, 0.05) is 54.3 Å². The van der Waals surface area contributed by atoms with Gasteiger partial charge in [-0.3, -0.25) is 0 Å². The van der Waals surface area contributed by atoms with Crippen molar-refractivity contribution >= 4 is 96.6 Å². The minimum absolute atomic E-state index is 0. The Morgan fingerprint density at radius 1 is 0.385 bits per heavy atom. The van der Waals surface area contributed by atoms with Crippen molar-refractivity contribution in [3.8, 4) is 0 Å². The third kappa shape index (κ3) is 50.7. The van der Waals surface area contributed by atoms with Crippen LogP contribution in [0.2, 0.25) is 39.9 Å². The van der Waals surface area contributed by atoms with Gasteiger partial charge in [0.1, 0.15) is 0 Å². The van der Waals surface area contributed by atoms with Crippen LogP contribution in [0.1, 0.15) is 83.1 Å². The minimum Gasteiger partial charge on any atom is -0.0735 e. The van der Waals surface area contributed by atoms with Crippen LogP contribution in [-0.2, 0) is 0 Å². The minimum atomic E-state index is -0.182. The molecule has 0 aromatic heterocycles. The molecule has 146 valence electrons. The standard InChI is InChI=1S/C4H12Si2.4C4H9.2Li.2Sn/c1-5(2)6(3)4;4*1-4(2)3;;;;/h1-4H3;4*1-3H3;;;;. The number of rotatable bonds is 1. The first-order valence-electron chi connectivity index (χ1n) is 9.25. The Bertz CT molecular complexity index is 252. The van der Waals surface area contributed by atoms with E-state index in [4.69, 9.17) is 0 Å². The summed E-state index contributed by atoms with van der Waals surface area (Å²) in [6.07, 6.45) is 0. The molecule has 0 rings (SSSR count). The molecule has 0 unspecified atom stereocenters. The molecule has 0 atom stereocenters. The van der Waals surface area contributed by atoms with E-state index in [-0.39, 0.29) is 96.6 Å². The molecule has 0 aromatic rings. The van der Waals surface area contributed by atoms with E-state index in [1.165, 1.54) is 0 Å². The molecule has 0 aromatic carbocycles. The van der Waals surface area contributed by atoms with Crippen LogP contribution in [0.3, 0.4) is 0 Å². The van der Waals surface area contributed by atoms with Gasteiger partial charge in [-0.1, -0.05) is 26.2 Å². The molecule has 0 spiro atoms. The number of hydrogen-bond donors (Lipinski definition) is 0. The Balaban J connectivity index is -0.0000000834. The topological polar surface area (TPSA) is 0 Å². The van der Waals surface area contributed by atoms with Crippen LogP contribution in [-0.4, -0.2) is 96.6 Å². The molecular formula is C20H48Li2Si2Sn2. The molecule has 0 nitrogen and oxygen atoms in total. The summed E-state index contributed by atoms with van der Waals surface area (Å²) >= 11 is -0.363. The molecule has 0 saturated carbocycles. The van der Waals surface area contributed by atoms with Gasteiger partial charge in [-0.2, -0.15) is 0 Å². The van der Waals surface area contributed by atoms with E-state index in [2.05, 4.69) is 109 Å². The summed E-state index contributed by atoms with van der Waals surface area (Å²) in [5, 5.41) is 0. The zero-order valence-electron chi connectivity index (χ0n) is 22.0. The average molecular weight is 596 g/mol. The molecule has 0 amide bonds. The molecule has 0 bridgehead atoms. The van der Waals surface area contributed by atoms with Crippen molar-refractivity contribution in [3.63, 3.8) is 0 Å². The maximum atomic E-state index is 2.39. The third-order valence-corrected chi connectivity index (χ3v) is 19.1. The second kappa shape index (κ2) is 16.9. The third-order valence-electron chi connectivity index (χ3n) is 2.50. The van der Waals surface area contributed by atoms with Gasteiger partial charge < -0.3 is 0 Å². The van der Waals surface area contributed by atoms with E-state index in [1.54, 1.807) is 0 Å². The van der Waals surface area contributed by atoms with Crippen molar-refractivity contribution in [2.45, 2.75) is 123 Å². The van der Waals surface area contributed by atoms with Gasteiger partial charge in [-0.25, -0.2) is 0 Å². The summed E-state index contributed by atoms with van der Waals surface area (Å²) in [6, 6.07) is 0. The molecule has 8 radical (unpaired) electrons. The predicted octanol–water partition coefficient (Wildman–Crippen LogP) is 7.07. The van der Waals surface area contributed by atoms with Gasteiger partial charge in [0.15, 0.2) is 0 Å². The summed E-state index contributed by atoms with van der Waals surface area (Å²) in [5.74, 6) is 0. The molecule has 0 N–H and O–H groups in total. The van der Waals surface area contributed by atoms with Gasteiger partial charge in [-0.15, -0.1) is 0 Å². The van der Waals surface area contributed by atoms with E-state index in [0.717, 1.165) is 0 Å². The van der Waals surface area contributed by atoms with E-state index in [9.17, 15) is 0 Å². The first-order chi connectivity index (χ1) is 10.1. The molecule has 0 saturated heterocycles. The van der Waals surface area contributed by atoms with Crippen LogP contribution in [0, 0.1) is 0 Å². The summed E-state index contributed by atoms with van der Waals surface area (Å²) in [5.41, 5.74) is 0. The van der Waals surface area contributed by atoms with E-state index in [0.29, 0.717) is 13.7 Å². The van der Waals surface area contributed by atoms with Crippen LogP contribution in [0.25, 0.3) is 0 Å². The monoisotopic (exact) mass is 598 g/mol. The van der Waals surface area contributed by atoms with Gasteiger partial charge in [-0.05, 0) is 0 Å². The van der Waals surface area contributed by atoms with Crippen molar-refractivity contribution in [1.82, 2.24) is 0 Å². The Kier molecular flexibility index (Phi) is 25.7. The maximum Gasteiger partial charge on any atom is 0.0307 e. The van der Waals surface area contributed by atoms with Crippen molar-refractivity contribution in [3.05, 3.63) is 0 Å². The van der Waals surface area contributed by atoms with Gasteiger partial charge in [0.25, 0.3) is 0 Å². The summed E-state index contributed by atoms with van der Waals surface area (Å²) in [7, 11) is 0.300. The van der Waals surface area contributed by atoms with E-state index in [1.807, 2.05) is 0 Å². The first kappa shape index (κ1) is 39.7. The zero-order valence-corrected chi connectivity index (χ0v) is 29.7. The van der Waals surface area contributed by atoms with Crippen LogP contribution < -0.4 is 0 Å². The van der Waals surface area contributed by atoms with Crippen LogP contribution in [0.15, 0.2) is 0 Å². The largest absolute Gasteiger partial charge is 0.0735 e. The van der Waals surface area contributed by atoms with Crippen molar-refractivity contribution in [2.75, 3.05) is 0 Å². The second-order valence-corrected chi connectivity index (χ2v) is 39.8. The Morgan fingerprint density at radius 2 is 0.500 bits per heavy atom. The molecule has 0 fully saturated rings. The van der Waals surface area contributed by atoms with Gasteiger partial charge in [0.2, 0.25) is 0 Å². The fourth-order valence-corrected chi connectivity index (χ4v) is 15.1.